The first-order valence-corrected chi connectivity index (χ1v) is 7.01. The lowest BCUT2D eigenvalue weighted by atomic mass is 10.3. The summed E-state index contributed by atoms with van der Waals surface area (Å²) in [5.41, 5.74) is -0.199. The Bertz CT molecular complexity index is 601. The van der Waals surface area contributed by atoms with Crippen molar-refractivity contribution in [1.29, 1.82) is 0 Å². The maximum absolute atomic E-state index is 11.3. The maximum Gasteiger partial charge on any atom is 0.356 e. The van der Waals surface area contributed by atoms with E-state index in [2.05, 4.69) is 15.3 Å². The number of thiazole rings is 2. The molecule has 0 amide bonds. The molecule has 2 N–H and O–H groups in total. The molecule has 0 saturated carbocycles. The van der Waals surface area contributed by atoms with E-state index >= 15 is 0 Å². The first-order valence-electron chi connectivity index (χ1n) is 5.37. The van der Waals surface area contributed by atoms with E-state index in [1.807, 2.05) is 6.92 Å². The van der Waals surface area contributed by atoms with Gasteiger partial charge in [0.25, 0.3) is 0 Å². The lowest BCUT2D eigenvalue weighted by Crippen LogP contribution is -2.04. The van der Waals surface area contributed by atoms with Gasteiger partial charge in [-0.25, -0.2) is 14.8 Å². The summed E-state index contributed by atoms with van der Waals surface area (Å²) in [5.74, 6) is -1.49. The molecular weight excluding hydrogens is 286 g/mol. The van der Waals surface area contributed by atoms with Crippen LogP contribution in [-0.4, -0.2) is 26.8 Å². The summed E-state index contributed by atoms with van der Waals surface area (Å²) in [6, 6.07) is 0. The summed E-state index contributed by atoms with van der Waals surface area (Å²) in [7, 11) is 0. The Labute approximate surface area is 117 Å². The summed E-state index contributed by atoms with van der Waals surface area (Å²) in [6.45, 7) is 3.75. The zero-order chi connectivity index (χ0) is 14.0. The number of aryl methyl sites for hydroxylation is 1. The van der Waals surface area contributed by atoms with Crippen LogP contribution in [0.5, 0.6) is 0 Å². The van der Waals surface area contributed by atoms with E-state index < -0.39 is 5.97 Å². The van der Waals surface area contributed by atoms with Crippen molar-refractivity contribution >= 4 is 39.6 Å². The number of nitrogens with one attached hydrogen (secondary N) is 1. The number of nitrogens with zero attached hydrogens (tertiary/aromatic N) is 2. The van der Waals surface area contributed by atoms with Crippen LogP contribution in [0.4, 0.5) is 5.13 Å². The van der Waals surface area contributed by atoms with Gasteiger partial charge in [-0.15, -0.1) is 11.3 Å². The Balaban J connectivity index is 2.15. The number of ketones is 1. The third-order valence-electron chi connectivity index (χ3n) is 2.21. The molecule has 2 heterocycles. The fourth-order valence-corrected chi connectivity index (χ4v) is 2.99. The van der Waals surface area contributed by atoms with Crippen molar-refractivity contribution in [2.75, 3.05) is 5.32 Å². The van der Waals surface area contributed by atoms with Gasteiger partial charge in [-0.05, 0) is 6.92 Å². The number of anilines is 1. The molecule has 0 saturated heterocycles. The molecule has 0 spiro atoms. The minimum Gasteiger partial charge on any atom is -0.476 e. The number of hydrogen-bond donors (Lipinski definition) is 2. The number of aromatic carboxylic acids is 1. The second kappa shape index (κ2) is 5.45. The van der Waals surface area contributed by atoms with Crippen molar-refractivity contribution in [2.45, 2.75) is 20.4 Å². The van der Waals surface area contributed by atoms with Crippen LogP contribution >= 0.6 is 22.7 Å². The highest BCUT2D eigenvalue weighted by atomic mass is 32.1. The number of carboxylic acid groups (broad SMARTS) is 1. The van der Waals surface area contributed by atoms with Gasteiger partial charge in [-0.1, -0.05) is 11.3 Å². The van der Waals surface area contributed by atoms with Gasteiger partial charge >= 0.3 is 5.97 Å². The first-order chi connectivity index (χ1) is 8.97. The highest BCUT2D eigenvalue weighted by Gasteiger charge is 2.20. The first kappa shape index (κ1) is 13.6. The molecule has 6 nitrogen and oxygen atoms in total. The molecule has 2 aromatic heterocycles. The van der Waals surface area contributed by atoms with Crippen LogP contribution in [0.1, 0.15) is 37.0 Å². The summed E-state index contributed by atoms with van der Waals surface area (Å²) >= 11 is 2.60. The number of hydrogen-bond acceptors (Lipinski definition) is 7. The van der Waals surface area contributed by atoms with Crippen LogP contribution in [0.15, 0.2) is 6.20 Å². The lowest BCUT2D eigenvalue weighted by Gasteiger charge is -1.97. The SMILES string of the molecule is CC(=O)c1sc(NCc2ncc(C)s2)nc1C(=O)O. The Kier molecular flexibility index (Phi) is 3.91. The topological polar surface area (TPSA) is 92.2 Å². The quantitative estimate of drug-likeness (QED) is 0.823. The molecular formula is C11H11N3O3S2. The van der Waals surface area contributed by atoms with Crippen LogP contribution in [-0.2, 0) is 6.54 Å². The largest absolute Gasteiger partial charge is 0.476 e. The monoisotopic (exact) mass is 297 g/mol. The van der Waals surface area contributed by atoms with E-state index in [4.69, 9.17) is 5.11 Å². The second-order valence-electron chi connectivity index (χ2n) is 3.78. The van der Waals surface area contributed by atoms with E-state index in [1.54, 1.807) is 17.5 Å². The number of carbonyl (C=O) groups excluding carboxylic acids is 1. The second-order valence-corrected chi connectivity index (χ2v) is 6.09. The average molecular weight is 297 g/mol. The van der Waals surface area contributed by atoms with Crippen LogP contribution in [0.2, 0.25) is 0 Å². The molecule has 0 atom stereocenters. The number of rotatable bonds is 5. The van der Waals surface area contributed by atoms with Crippen molar-refractivity contribution in [2.24, 2.45) is 0 Å². The zero-order valence-electron chi connectivity index (χ0n) is 10.3. The maximum atomic E-state index is 11.3. The molecule has 100 valence electrons. The van der Waals surface area contributed by atoms with Gasteiger partial charge in [-0.3, -0.25) is 4.79 Å². The van der Waals surface area contributed by atoms with Gasteiger partial charge in [-0.2, -0.15) is 0 Å². The number of carboxylic acids is 1. The Morgan fingerprint density at radius 1 is 1.42 bits per heavy atom. The Morgan fingerprint density at radius 3 is 2.63 bits per heavy atom. The van der Waals surface area contributed by atoms with Crippen LogP contribution < -0.4 is 5.32 Å². The molecule has 0 aromatic carbocycles. The molecule has 0 aliphatic rings. The standard InChI is InChI=1S/C11H11N3O3S2/c1-5-3-12-7(18-5)4-13-11-14-8(10(16)17)9(19-11)6(2)15/h3H,4H2,1-2H3,(H,13,14)(H,16,17). The normalized spacial score (nSPS) is 10.4. The summed E-state index contributed by atoms with van der Waals surface area (Å²) in [6.07, 6.45) is 1.77. The van der Waals surface area contributed by atoms with E-state index in [0.717, 1.165) is 21.2 Å². The molecule has 8 heteroatoms. The van der Waals surface area contributed by atoms with Crippen molar-refractivity contribution in [3.8, 4) is 0 Å². The third-order valence-corrected chi connectivity index (χ3v) is 4.24. The molecule has 0 aliphatic heterocycles. The predicted molar refractivity (Wildman–Crippen MR) is 73.3 cm³/mol. The van der Waals surface area contributed by atoms with Crippen molar-refractivity contribution < 1.29 is 14.7 Å². The Morgan fingerprint density at radius 2 is 2.16 bits per heavy atom. The van der Waals surface area contributed by atoms with Gasteiger partial charge in [0.2, 0.25) is 0 Å². The van der Waals surface area contributed by atoms with E-state index in [9.17, 15) is 9.59 Å². The number of aromatic nitrogens is 2. The van der Waals surface area contributed by atoms with E-state index in [-0.39, 0.29) is 16.4 Å². The van der Waals surface area contributed by atoms with E-state index in [0.29, 0.717) is 11.7 Å². The van der Waals surface area contributed by atoms with Gasteiger partial charge in [0, 0.05) is 18.0 Å². The molecule has 19 heavy (non-hydrogen) atoms. The lowest BCUT2D eigenvalue weighted by molar-refractivity contribution is 0.0687. The van der Waals surface area contributed by atoms with Gasteiger partial charge in [0.1, 0.15) is 9.88 Å². The van der Waals surface area contributed by atoms with Crippen molar-refractivity contribution in [1.82, 2.24) is 9.97 Å². The number of carbonyl (C=O) groups is 2. The van der Waals surface area contributed by atoms with Gasteiger partial charge in [0.05, 0.1) is 6.54 Å². The van der Waals surface area contributed by atoms with Crippen LogP contribution in [0.25, 0.3) is 0 Å². The van der Waals surface area contributed by atoms with E-state index in [1.165, 1.54) is 6.92 Å². The summed E-state index contributed by atoms with van der Waals surface area (Å²) in [4.78, 5) is 31.7. The molecule has 0 aliphatic carbocycles. The molecule has 0 radical (unpaired) electrons. The minimum atomic E-state index is -1.19. The smallest absolute Gasteiger partial charge is 0.356 e. The summed E-state index contributed by atoms with van der Waals surface area (Å²) in [5, 5.41) is 13.3. The van der Waals surface area contributed by atoms with Crippen LogP contribution in [0, 0.1) is 6.92 Å². The number of Topliss-reactive ketones (excluding diaryl/α,β-unsaturated/α-hetero) is 1. The van der Waals surface area contributed by atoms with Crippen LogP contribution in [0.3, 0.4) is 0 Å². The molecule has 0 bridgehead atoms. The average Bonchev–Trinajstić information content (AvgIpc) is 2.92. The van der Waals surface area contributed by atoms with Crippen molar-refractivity contribution in [3.05, 3.63) is 26.7 Å². The molecule has 0 unspecified atom stereocenters. The molecule has 2 aromatic rings. The summed E-state index contributed by atoms with van der Waals surface area (Å²) < 4.78 is 0. The Hall–Kier alpha value is -1.80. The molecule has 2 rings (SSSR count). The molecule has 0 fully saturated rings. The minimum absolute atomic E-state index is 0.158. The third kappa shape index (κ3) is 3.15. The fourth-order valence-electron chi connectivity index (χ4n) is 1.41. The fraction of sp³-hybridized carbons (Fsp3) is 0.273. The predicted octanol–water partition coefficient (Wildman–Crippen LogP) is 2.42. The zero-order valence-corrected chi connectivity index (χ0v) is 11.9. The van der Waals surface area contributed by atoms with Crippen molar-refractivity contribution in [3.63, 3.8) is 0 Å². The van der Waals surface area contributed by atoms with Gasteiger partial charge < -0.3 is 10.4 Å². The van der Waals surface area contributed by atoms with Gasteiger partial charge in [0.15, 0.2) is 16.6 Å². The highest BCUT2D eigenvalue weighted by molar-refractivity contribution is 7.17. The highest BCUT2D eigenvalue weighted by Crippen LogP contribution is 2.24.